The van der Waals surface area contributed by atoms with Crippen molar-refractivity contribution >= 4 is 17.7 Å². The minimum Gasteiger partial charge on any atom is -0.482 e. The second-order valence-corrected chi connectivity index (χ2v) is 11.9. The van der Waals surface area contributed by atoms with Crippen LogP contribution in [0, 0.1) is 5.92 Å². The van der Waals surface area contributed by atoms with E-state index < -0.39 is 5.60 Å². The molecule has 0 saturated carbocycles. The number of methoxy groups -OCH3 is 1. The Morgan fingerprint density at radius 1 is 0.900 bits per heavy atom. The number of nitrogens with zero attached hydrogens (tertiary/aromatic N) is 3. The van der Waals surface area contributed by atoms with Gasteiger partial charge in [-0.15, -0.1) is 0 Å². The molecule has 40 heavy (non-hydrogen) atoms. The van der Waals surface area contributed by atoms with Gasteiger partial charge < -0.3 is 24.0 Å². The number of rotatable bonds is 9. The van der Waals surface area contributed by atoms with E-state index in [9.17, 15) is 9.59 Å². The Bertz CT molecular complexity index is 1070. The number of amides is 1. The smallest absolute Gasteiger partial charge is 0.410 e. The van der Waals surface area contributed by atoms with Gasteiger partial charge in [0.05, 0.1) is 7.11 Å². The fraction of sp³-hybridized carbons (Fsp3) is 0.562. The number of anilines is 1. The Hall–Kier alpha value is -3.26. The number of piperidine rings is 2. The molecule has 8 heteroatoms. The van der Waals surface area contributed by atoms with Crippen LogP contribution in [0.4, 0.5) is 10.5 Å². The standard InChI is InChI=1S/C32H45N3O5/c1-32(2,3)40-31(37)34-18-14-26(15-19-34)23-35(22-25-8-6-5-7-9-25)28-16-20-33(21-17-28)27-10-12-29(13-11-27)39-24-30(36)38-4/h5-13,26,28H,14-24H2,1-4H3. The predicted octanol–water partition coefficient (Wildman–Crippen LogP) is 5.36. The van der Waals surface area contributed by atoms with Crippen LogP contribution in [0.1, 0.15) is 52.0 Å². The molecule has 2 aliphatic rings. The van der Waals surface area contributed by atoms with E-state index in [-0.39, 0.29) is 18.7 Å². The first kappa shape index (κ1) is 29.7. The molecule has 0 aliphatic carbocycles. The maximum Gasteiger partial charge on any atom is 0.410 e. The average Bonchev–Trinajstić information content (AvgIpc) is 2.96. The number of hydrogen-bond acceptors (Lipinski definition) is 7. The summed E-state index contributed by atoms with van der Waals surface area (Å²) in [5, 5.41) is 0. The first-order valence-corrected chi connectivity index (χ1v) is 14.5. The zero-order chi connectivity index (χ0) is 28.5. The predicted molar refractivity (Wildman–Crippen MR) is 157 cm³/mol. The van der Waals surface area contributed by atoms with Crippen molar-refractivity contribution in [3.63, 3.8) is 0 Å². The highest BCUT2D eigenvalue weighted by molar-refractivity contribution is 5.71. The maximum atomic E-state index is 12.5. The molecule has 0 unspecified atom stereocenters. The van der Waals surface area contributed by atoms with Crippen LogP contribution in [0.3, 0.4) is 0 Å². The molecule has 8 nitrogen and oxygen atoms in total. The van der Waals surface area contributed by atoms with E-state index in [0.29, 0.717) is 17.7 Å². The van der Waals surface area contributed by atoms with E-state index in [1.807, 2.05) is 37.8 Å². The van der Waals surface area contributed by atoms with E-state index in [1.54, 1.807) is 0 Å². The van der Waals surface area contributed by atoms with Crippen molar-refractivity contribution in [2.75, 3.05) is 51.3 Å². The van der Waals surface area contributed by atoms with Gasteiger partial charge in [0.25, 0.3) is 0 Å². The number of hydrogen-bond donors (Lipinski definition) is 0. The van der Waals surface area contributed by atoms with Crippen molar-refractivity contribution in [1.29, 1.82) is 0 Å². The second kappa shape index (κ2) is 13.9. The molecule has 4 rings (SSSR count). The SMILES string of the molecule is COC(=O)COc1ccc(N2CCC(N(Cc3ccccc3)CC3CCN(C(=O)OC(C)(C)C)CC3)CC2)cc1. The number of benzene rings is 2. The molecule has 2 heterocycles. The third-order valence-corrected chi connectivity index (χ3v) is 7.75. The lowest BCUT2D eigenvalue weighted by Gasteiger charge is -2.42. The van der Waals surface area contributed by atoms with Gasteiger partial charge in [-0.1, -0.05) is 30.3 Å². The van der Waals surface area contributed by atoms with Crippen LogP contribution in [0.15, 0.2) is 54.6 Å². The molecule has 0 aromatic heterocycles. The average molecular weight is 552 g/mol. The highest BCUT2D eigenvalue weighted by Gasteiger charge is 2.31. The lowest BCUT2D eigenvalue weighted by Crippen LogP contribution is -2.48. The topological polar surface area (TPSA) is 71.6 Å². The lowest BCUT2D eigenvalue weighted by molar-refractivity contribution is -0.142. The van der Waals surface area contributed by atoms with Crippen LogP contribution in [0.25, 0.3) is 0 Å². The Labute approximate surface area is 239 Å². The molecule has 0 atom stereocenters. The van der Waals surface area contributed by atoms with Crippen molar-refractivity contribution in [3.05, 3.63) is 60.2 Å². The largest absolute Gasteiger partial charge is 0.482 e. The first-order valence-electron chi connectivity index (χ1n) is 14.5. The Kier molecular flexibility index (Phi) is 10.3. The van der Waals surface area contributed by atoms with E-state index >= 15 is 0 Å². The molecule has 2 fully saturated rings. The van der Waals surface area contributed by atoms with Crippen molar-refractivity contribution < 1.29 is 23.8 Å². The van der Waals surface area contributed by atoms with Gasteiger partial charge in [0.1, 0.15) is 11.4 Å². The number of esters is 1. The summed E-state index contributed by atoms with van der Waals surface area (Å²) in [6.45, 7) is 11.2. The summed E-state index contributed by atoms with van der Waals surface area (Å²) in [6, 6.07) is 19.2. The van der Waals surface area contributed by atoms with E-state index in [1.165, 1.54) is 18.4 Å². The van der Waals surface area contributed by atoms with Gasteiger partial charge in [-0.2, -0.15) is 0 Å². The first-order chi connectivity index (χ1) is 19.2. The van der Waals surface area contributed by atoms with Gasteiger partial charge in [0, 0.05) is 51.0 Å². The summed E-state index contributed by atoms with van der Waals surface area (Å²) < 4.78 is 15.7. The summed E-state index contributed by atoms with van der Waals surface area (Å²) in [5.41, 5.74) is 2.06. The summed E-state index contributed by atoms with van der Waals surface area (Å²) in [5.74, 6) is 0.841. The van der Waals surface area contributed by atoms with Crippen LogP contribution < -0.4 is 9.64 Å². The second-order valence-electron chi connectivity index (χ2n) is 11.9. The molecule has 2 aromatic rings. The van der Waals surface area contributed by atoms with Gasteiger partial charge in [-0.3, -0.25) is 4.90 Å². The Balaban J connectivity index is 1.32. The normalized spacial score (nSPS) is 17.1. The molecule has 0 radical (unpaired) electrons. The molecule has 218 valence electrons. The molecule has 0 N–H and O–H groups in total. The minimum absolute atomic E-state index is 0.0848. The van der Waals surface area contributed by atoms with Crippen LogP contribution in [0.2, 0.25) is 0 Å². The summed E-state index contributed by atoms with van der Waals surface area (Å²) in [7, 11) is 1.36. The van der Waals surface area contributed by atoms with Gasteiger partial charge in [-0.25, -0.2) is 9.59 Å². The summed E-state index contributed by atoms with van der Waals surface area (Å²) in [6.07, 6.45) is 4.03. The number of carbonyl (C=O) groups excluding carboxylic acids is 2. The molecular formula is C32H45N3O5. The molecule has 2 aliphatic heterocycles. The summed E-state index contributed by atoms with van der Waals surface area (Å²) >= 11 is 0. The highest BCUT2D eigenvalue weighted by atomic mass is 16.6. The van der Waals surface area contributed by atoms with Crippen LogP contribution >= 0.6 is 0 Å². The zero-order valence-electron chi connectivity index (χ0n) is 24.5. The number of carbonyl (C=O) groups is 2. The van der Waals surface area contributed by atoms with Crippen molar-refractivity contribution in [1.82, 2.24) is 9.80 Å². The zero-order valence-corrected chi connectivity index (χ0v) is 24.5. The van der Waals surface area contributed by atoms with Crippen LogP contribution in [0.5, 0.6) is 5.75 Å². The Morgan fingerprint density at radius 2 is 1.55 bits per heavy atom. The third-order valence-electron chi connectivity index (χ3n) is 7.75. The third kappa shape index (κ3) is 8.88. The summed E-state index contributed by atoms with van der Waals surface area (Å²) in [4.78, 5) is 30.9. The lowest BCUT2D eigenvalue weighted by atomic mass is 9.93. The molecule has 0 spiro atoms. The molecular weight excluding hydrogens is 506 g/mol. The van der Waals surface area contributed by atoms with Gasteiger partial charge in [0.15, 0.2) is 6.61 Å². The molecule has 2 aromatic carbocycles. The quantitative estimate of drug-likeness (QED) is 0.389. The van der Waals surface area contributed by atoms with Crippen LogP contribution in [-0.4, -0.2) is 79.9 Å². The van der Waals surface area contributed by atoms with Crippen molar-refractivity contribution in [2.45, 2.75) is 64.6 Å². The fourth-order valence-corrected chi connectivity index (χ4v) is 5.56. The van der Waals surface area contributed by atoms with Gasteiger partial charge >= 0.3 is 12.1 Å². The Morgan fingerprint density at radius 3 is 2.15 bits per heavy atom. The van der Waals surface area contributed by atoms with E-state index in [4.69, 9.17) is 9.47 Å². The van der Waals surface area contributed by atoms with Gasteiger partial charge in [-0.05, 0) is 82.2 Å². The molecule has 2 saturated heterocycles. The minimum atomic E-state index is -0.463. The maximum absolute atomic E-state index is 12.5. The van der Waals surface area contributed by atoms with Crippen molar-refractivity contribution in [3.8, 4) is 5.75 Å². The van der Waals surface area contributed by atoms with E-state index in [2.05, 4.69) is 57.0 Å². The van der Waals surface area contributed by atoms with Gasteiger partial charge in [0.2, 0.25) is 0 Å². The fourth-order valence-electron chi connectivity index (χ4n) is 5.56. The highest BCUT2D eigenvalue weighted by Crippen LogP contribution is 2.28. The van der Waals surface area contributed by atoms with E-state index in [0.717, 1.165) is 65.0 Å². The number of ether oxygens (including phenoxy) is 3. The van der Waals surface area contributed by atoms with Crippen LogP contribution in [-0.2, 0) is 20.8 Å². The molecule has 1 amide bonds. The monoisotopic (exact) mass is 551 g/mol. The number of likely N-dealkylation sites (tertiary alicyclic amines) is 1. The molecule has 0 bridgehead atoms. The van der Waals surface area contributed by atoms with Crippen molar-refractivity contribution in [2.24, 2.45) is 5.92 Å².